The maximum absolute atomic E-state index is 15.3. The molecule has 11 nitrogen and oxygen atoms in total. The summed E-state index contributed by atoms with van der Waals surface area (Å²) < 4.78 is 92.9. The minimum absolute atomic E-state index is 0.0105. The van der Waals surface area contributed by atoms with E-state index in [0.29, 0.717) is 6.20 Å². The molecule has 1 spiro atoms. The van der Waals surface area contributed by atoms with Crippen molar-refractivity contribution in [1.29, 1.82) is 0 Å². The minimum Gasteiger partial charge on any atom is -0.495 e. The van der Waals surface area contributed by atoms with Crippen LogP contribution in [0.2, 0.25) is 0 Å². The smallest absolute Gasteiger partial charge is 0.423 e. The van der Waals surface area contributed by atoms with Crippen LogP contribution in [0.5, 0.6) is 17.4 Å². The summed E-state index contributed by atoms with van der Waals surface area (Å²) >= 11 is 0. The van der Waals surface area contributed by atoms with Gasteiger partial charge in [0.2, 0.25) is 21.9 Å². The minimum atomic E-state index is -4.93. The molecule has 2 fully saturated rings. The Morgan fingerprint density at radius 3 is 2.41 bits per heavy atom. The highest BCUT2D eigenvalue weighted by Crippen LogP contribution is 2.43. The lowest BCUT2D eigenvalue weighted by molar-refractivity contribution is -0.139. The first-order valence-corrected chi connectivity index (χ1v) is 16.3. The summed E-state index contributed by atoms with van der Waals surface area (Å²) in [4.78, 5) is 23.0. The van der Waals surface area contributed by atoms with Crippen molar-refractivity contribution < 1.29 is 40.2 Å². The van der Waals surface area contributed by atoms with Crippen molar-refractivity contribution in [1.82, 2.24) is 20.2 Å². The van der Waals surface area contributed by atoms with Gasteiger partial charge in [0.15, 0.2) is 5.75 Å². The zero-order valence-electron chi connectivity index (χ0n) is 25.6. The highest BCUT2D eigenvalue weighted by atomic mass is 32.2. The van der Waals surface area contributed by atoms with Gasteiger partial charge in [-0.15, -0.1) is 0 Å². The second-order valence-electron chi connectivity index (χ2n) is 11.5. The fourth-order valence-corrected chi connectivity index (χ4v) is 6.25. The first-order valence-electron chi connectivity index (χ1n) is 14.4. The van der Waals surface area contributed by atoms with Gasteiger partial charge >= 0.3 is 6.18 Å². The van der Waals surface area contributed by atoms with E-state index in [1.807, 2.05) is 0 Å². The second kappa shape index (κ2) is 12.5. The van der Waals surface area contributed by atoms with Crippen LogP contribution in [-0.2, 0) is 16.2 Å². The molecule has 0 radical (unpaired) electrons. The molecule has 2 aromatic carbocycles. The highest BCUT2D eigenvalue weighted by molar-refractivity contribution is 7.92. The van der Waals surface area contributed by atoms with Crippen LogP contribution in [0.4, 0.5) is 34.9 Å². The van der Waals surface area contributed by atoms with Gasteiger partial charge < -0.3 is 25.0 Å². The van der Waals surface area contributed by atoms with Crippen LogP contribution in [0.25, 0.3) is 0 Å². The summed E-state index contributed by atoms with van der Waals surface area (Å²) in [7, 11) is 0.818. The summed E-state index contributed by atoms with van der Waals surface area (Å²) in [6.45, 7) is 1.06. The van der Waals surface area contributed by atoms with Crippen molar-refractivity contribution in [3.05, 3.63) is 59.5 Å². The monoisotopic (exact) mass is 666 g/mol. The number of ether oxygens (including phenoxy) is 2. The van der Waals surface area contributed by atoms with Crippen LogP contribution >= 0.6 is 0 Å². The van der Waals surface area contributed by atoms with Crippen molar-refractivity contribution in [3.63, 3.8) is 0 Å². The molecule has 1 amide bonds. The number of rotatable bonds is 9. The third kappa shape index (κ3) is 6.82. The van der Waals surface area contributed by atoms with E-state index in [0.717, 1.165) is 55.3 Å². The number of hydrogen-bond donors (Lipinski definition) is 2. The zero-order chi connectivity index (χ0) is 33.4. The van der Waals surface area contributed by atoms with E-state index in [1.165, 1.54) is 44.5 Å². The number of nitrogens with one attached hydrogen (secondary N) is 2. The zero-order valence-corrected chi connectivity index (χ0v) is 26.4. The van der Waals surface area contributed by atoms with Gasteiger partial charge in [-0.1, -0.05) is 12.1 Å². The number of likely N-dealkylation sites (tertiary alicyclic amines) is 1. The number of alkyl halides is 3. The largest absolute Gasteiger partial charge is 0.495 e. The van der Waals surface area contributed by atoms with E-state index in [4.69, 9.17) is 9.47 Å². The summed E-state index contributed by atoms with van der Waals surface area (Å²) in [6, 6.07) is 7.63. The van der Waals surface area contributed by atoms with Gasteiger partial charge in [0.25, 0.3) is 5.91 Å². The van der Waals surface area contributed by atoms with E-state index >= 15 is 4.39 Å². The SMILES string of the molecule is COc1cc(C(=O)NC2CCC3(CC2)CCN3C)c(F)cc1Nc1ncc(C(F)(F)F)c(Oc2ccccc2N(C)S(C)(=O)=O)n1. The van der Waals surface area contributed by atoms with Crippen LogP contribution < -0.4 is 24.4 Å². The number of carbonyl (C=O) groups is 1. The molecule has 248 valence electrons. The molecular formula is C30H34F4N6O5S. The highest BCUT2D eigenvalue weighted by Gasteiger charge is 2.44. The Hall–Kier alpha value is -4.18. The lowest BCUT2D eigenvalue weighted by atomic mass is 9.71. The molecule has 1 saturated carbocycles. The topological polar surface area (TPSA) is 126 Å². The second-order valence-corrected chi connectivity index (χ2v) is 13.5. The Morgan fingerprint density at radius 1 is 1.13 bits per heavy atom. The van der Waals surface area contributed by atoms with Crippen molar-refractivity contribution in [2.45, 2.75) is 49.9 Å². The Kier molecular flexibility index (Phi) is 9.05. The van der Waals surface area contributed by atoms with Gasteiger partial charge in [0.1, 0.15) is 17.1 Å². The van der Waals surface area contributed by atoms with E-state index in [9.17, 15) is 26.4 Å². The molecule has 16 heteroatoms. The van der Waals surface area contributed by atoms with Gasteiger partial charge in [-0.25, -0.2) is 17.8 Å². The van der Waals surface area contributed by atoms with Crippen LogP contribution in [0.3, 0.4) is 0 Å². The maximum atomic E-state index is 15.3. The average Bonchev–Trinajstić information content (AvgIpc) is 2.99. The van der Waals surface area contributed by atoms with Crippen LogP contribution in [-0.4, -0.2) is 74.8 Å². The van der Waals surface area contributed by atoms with E-state index in [1.54, 1.807) is 0 Å². The fourth-order valence-electron chi connectivity index (χ4n) is 5.75. The molecule has 1 aliphatic carbocycles. The Bertz CT molecular complexity index is 1730. The summed E-state index contributed by atoms with van der Waals surface area (Å²) in [5, 5.41) is 5.53. The molecule has 1 aromatic heterocycles. The number of halogens is 4. The van der Waals surface area contributed by atoms with E-state index < -0.39 is 45.3 Å². The van der Waals surface area contributed by atoms with Crippen LogP contribution in [0, 0.1) is 5.82 Å². The molecule has 2 N–H and O–H groups in total. The lowest BCUT2D eigenvalue weighted by Gasteiger charge is -2.54. The van der Waals surface area contributed by atoms with Gasteiger partial charge in [0, 0.05) is 37.4 Å². The number of aromatic nitrogens is 2. The molecule has 0 unspecified atom stereocenters. The third-order valence-corrected chi connectivity index (χ3v) is 9.91. The Labute approximate surface area is 264 Å². The van der Waals surface area contributed by atoms with Crippen molar-refractivity contribution >= 4 is 33.3 Å². The number of anilines is 3. The number of para-hydroxylation sites is 2. The Balaban J connectivity index is 1.38. The molecule has 1 saturated heterocycles. The predicted octanol–water partition coefficient (Wildman–Crippen LogP) is 5.32. The molecule has 3 aromatic rings. The van der Waals surface area contributed by atoms with Gasteiger partial charge in [-0.3, -0.25) is 9.10 Å². The quantitative estimate of drug-likeness (QED) is 0.292. The molecule has 1 aliphatic heterocycles. The van der Waals surface area contributed by atoms with Crippen molar-refractivity contribution in [3.8, 4) is 17.4 Å². The lowest BCUT2D eigenvalue weighted by Crippen LogP contribution is -2.60. The van der Waals surface area contributed by atoms with Crippen molar-refractivity contribution in [2.75, 3.05) is 43.6 Å². The molecule has 2 heterocycles. The summed E-state index contributed by atoms with van der Waals surface area (Å²) in [5.41, 5.74) is -1.49. The number of hydrogen-bond acceptors (Lipinski definition) is 9. The number of amides is 1. The summed E-state index contributed by atoms with van der Waals surface area (Å²) in [5.74, 6) is -3.06. The van der Waals surface area contributed by atoms with E-state index in [-0.39, 0.29) is 40.0 Å². The standard InChI is InChI=1S/C30H34F4N6O5S/c1-39-14-13-29(39)11-9-18(10-12-29)36-26(41)19-15-25(44-3)22(16-21(19)31)37-28-35-17-20(30(32,33)34)27(38-28)45-24-8-6-5-7-23(24)40(2)46(4,42)43/h5-8,15-18H,9-14H2,1-4H3,(H,36,41)(H,35,37,38). The molecule has 0 bridgehead atoms. The van der Waals surface area contributed by atoms with Gasteiger partial charge in [-0.05, 0) is 57.4 Å². The average molecular weight is 667 g/mol. The fraction of sp³-hybridized carbons (Fsp3) is 0.433. The number of carbonyl (C=O) groups excluding carboxylic acids is 1. The van der Waals surface area contributed by atoms with Crippen LogP contribution in [0.1, 0.15) is 48.0 Å². The number of benzene rings is 2. The maximum Gasteiger partial charge on any atom is 0.423 e. The van der Waals surface area contributed by atoms with E-state index in [2.05, 4.69) is 32.5 Å². The molecule has 46 heavy (non-hydrogen) atoms. The molecular weight excluding hydrogens is 632 g/mol. The van der Waals surface area contributed by atoms with Gasteiger partial charge in [-0.2, -0.15) is 18.2 Å². The number of sulfonamides is 1. The first-order chi connectivity index (χ1) is 21.6. The molecule has 5 rings (SSSR count). The molecule has 2 aliphatic rings. The first kappa shape index (κ1) is 33.2. The Morgan fingerprint density at radius 2 is 1.83 bits per heavy atom. The predicted molar refractivity (Wildman–Crippen MR) is 163 cm³/mol. The van der Waals surface area contributed by atoms with Gasteiger partial charge in [0.05, 0.1) is 30.3 Å². The summed E-state index contributed by atoms with van der Waals surface area (Å²) in [6.07, 6.45) is 1.06. The number of methoxy groups -OCH3 is 1. The molecule has 0 atom stereocenters. The third-order valence-electron chi connectivity index (χ3n) is 8.72. The normalized spacial score (nSPS) is 20.1. The number of nitrogens with zero attached hydrogens (tertiary/aromatic N) is 4. The van der Waals surface area contributed by atoms with Crippen molar-refractivity contribution in [2.24, 2.45) is 0 Å². The van der Waals surface area contributed by atoms with Crippen LogP contribution in [0.15, 0.2) is 42.6 Å².